The third kappa shape index (κ3) is 2.40. The molecule has 0 aliphatic heterocycles. The molecule has 0 aliphatic carbocycles. The van der Waals surface area contributed by atoms with Crippen molar-refractivity contribution in [3.05, 3.63) is 33.0 Å². The van der Waals surface area contributed by atoms with Gasteiger partial charge in [0.2, 0.25) is 0 Å². The molecule has 0 amide bonds. The van der Waals surface area contributed by atoms with Crippen LogP contribution in [0.1, 0.15) is 5.56 Å². The summed E-state index contributed by atoms with van der Waals surface area (Å²) in [4.78, 5) is 23.4. The number of rotatable bonds is 3. The van der Waals surface area contributed by atoms with Gasteiger partial charge >= 0.3 is 11.8 Å². The number of nitrogens with zero attached hydrogens (tertiary/aromatic N) is 2. The Bertz CT molecular complexity index is 393. The minimum Gasteiger partial charge on any atom is -0.481 e. The van der Waals surface area contributed by atoms with Gasteiger partial charge in [0.05, 0.1) is 11.4 Å². The van der Waals surface area contributed by atoms with Gasteiger partial charge < -0.3 is 15.2 Å². The van der Waals surface area contributed by atoms with Gasteiger partial charge in [0.15, 0.2) is 6.20 Å². The summed E-state index contributed by atoms with van der Waals surface area (Å²) in [5.41, 5.74) is 0.181. The van der Waals surface area contributed by atoms with Crippen molar-refractivity contribution in [2.75, 3.05) is 0 Å². The summed E-state index contributed by atoms with van der Waals surface area (Å²) in [5, 5.41) is 18.9. The summed E-state index contributed by atoms with van der Waals surface area (Å²) in [7, 11) is 0. The van der Waals surface area contributed by atoms with E-state index in [1.54, 1.807) is 0 Å². The highest BCUT2D eigenvalue weighted by Gasteiger charge is 2.13. The minimum atomic E-state index is -1.10. The Morgan fingerprint density at radius 2 is 2.36 bits per heavy atom. The molecule has 0 unspecified atom stereocenters. The average Bonchev–Trinajstić information content (AvgIpc) is 2.07. The lowest BCUT2D eigenvalue weighted by atomic mass is 10.2. The maximum atomic E-state index is 10.4. The molecule has 1 rings (SSSR count). The molecule has 0 saturated carbocycles. The molecule has 14 heavy (non-hydrogen) atoms. The Labute approximate surface area is 83.3 Å². The summed E-state index contributed by atoms with van der Waals surface area (Å²) in [6, 6.07) is 1.05. The van der Waals surface area contributed by atoms with Gasteiger partial charge in [0.1, 0.15) is 0 Å². The molecule has 1 N–H and O–H groups in total. The molecule has 6 nitrogen and oxygen atoms in total. The number of carbonyl (C=O) groups is 1. The molecule has 74 valence electrons. The Morgan fingerprint density at radius 3 is 2.86 bits per heavy atom. The van der Waals surface area contributed by atoms with E-state index in [0.717, 1.165) is 12.3 Å². The van der Waals surface area contributed by atoms with Gasteiger partial charge in [0.25, 0.3) is 0 Å². The highest BCUT2D eigenvalue weighted by Crippen LogP contribution is 2.19. The van der Waals surface area contributed by atoms with Crippen LogP contribution in [0.3, 0.4) is 0 Å². The first-order valence-corrected chi connectivity index (χ1v) is 3.89. The molecule has 0 spiro atoms. The maximum Gasteiger partial charge on any atom is 0.363 e. The SMILES string of the molecule is O=C(O)Cc1cc([N+](=O)[O-])ncc1Cl. The van der Waals surface area contributed by atoms with E-state index in [-0.39, 0.29) is 17.0 Å². The van der Waals surface area contributed by atoms with Gasteiger partial charge in [0, 0.05) is 6.07 Å². The van der Waals surface area contributed by atoms with Crippen molar-refractivity contribution in [2.24, 2.45) is 0 Å². The van der Waals surface area contributed by atoms with Crippen molar-refractivity contribution in [3.8, 4) is 0 Å². The van der Waals surface area contributed by atoms with Crippen LogP contribution in [0.25, 0.3) is 0 Å². The highest BCUT2D eigenvalue weighted by molar-refractivity contribution is 6.31. The first kappa shape index (κ1) is 10.4. The van der Waals surface area contributed by atoms with E-state index in [1.807, 2.05) is 0 Å². The van der Waals surface area contributed by atoms with Crippen molar-refractivity contribution >= 4 is 23.4 Å². The monoisotopic (exact) mass is 216 g/mol. The number of nitro groups is 1. The van der Waals surface area contributed by atoms with Gasteiger partial charge in [-0.25, -0.2) is 0 Å². The van der Waals surface area contributed by atoms with E-state index in [9.17, 15) is 14.9 Å². The second-order valence-electron chi connectivity index (χ2n) is 2.46. The molecular weight excluding hydrogens is 212 g/mol. The van der Waals surface area contributed by atoms with Crippen LogP contribution in [-0.4, -0.2) is 21.0 Å². The van der Waals surface area contributed by atoms with Crippen molar-refractivity contribution in [3.63, 3.8) is 0 Å². The Hall–Kier alpha value is -1.69. The lowest BCUT2D eigenvalue weighted by Crippen LogP contribution is -2.02. The molecule has 0 aliphatic rings. The fourth-order valence-electron chi connectivity index (χ4n) is 0.866. The molecule has 0 aromatic carbocycles. The van der Waals surface area contributed by atoms with Crippen molar-refractivity contribution in [1.82, 2.24) is 4.98 Å². The second-order valence-corrected chi connectivity index (χ2v) is 2.87. The van der Waals surface area contributed by atoms with Crippen LogP contribution in [0.4, 0.5) is 5.82 Å². The molecule has 7 heteroatoms. The quantitative estimate of drug-likeness (QED) is 0.607. The Balaban J connectivity index is 3.08. The van der Waals surface area contributed by atoms with Gasteiger partial charge in [-0.15, -0.1) is 0 Å². The molecule has 0 atom stereocenters. The number of pyridine rings is 1. The lowest BCUT2D eigenvalue weighted by molar-refractivity contribution is -0.389. The number of carboxylic acids is 1. The fraction of sp³-hybridized carbons (Fsp3) is 0.143. The van der Waals surface area contributed by atoms with E-state index in [1.165, 1.54) is 0 Å². The van der Waals surface area contributed by atoms with Crippen LogP contribution in [-0.2, 0) is 11.2 Å². The predicted octanol–water partition coefficient (Wildman–Crippen LogP) is 1.27. The summed E-state index contributed by atoms with van der Waals surface area (Å²) >= 11 is 5.60. The standard InChI is InChI=1S/C7H5ClN2O4/c8-5-3-9-6(10(13)14)1-4(5)2-7(11)12/h1,3H,2H2,(H,11,12). The largest absolute Gasteiger partial charge is 0.481 e. The number of aliphatic carboxylic acids is 1. The zero-order chi connectivity index (χ0) is 10.7. The molecule has 0 fully saturated rings. The molecule has 1 aromatic heterocycles. The number of aromatic nitrogens is 1. The zero-order valence-corrected chi connectivity index (χ0v) is 7.56. The molecular formula is C7H5ClN2O4. The van der Waals surface area contributed by atoms with Gasteiger partial charge in [-0.05, 0) is 15.5 Å². The smallest absolute Gasteiger partial charge is 0.363 e. The van der Waals surface area contributed by atoms with Crippen LogP contribution in [0.5, 0.6) is 0 Å². The van der Waals surface area contributed by atoms with Crippen molar-refractivity contribution in [2.45, 2.75) is 6.42 Å². The summed E-state index contributed by atoms with van der Waals surface area (Å²) < 4.78 is 0. The fourth-order valence-corrected chi connectivity index (χ4v) is 1.04. The highest BCUT2D eigenvalue weighted by atomic mass is 35.5. The molecule has 1 heterocycles. The second kappa shape index (κ2) is 4.01. The molecule has 0 radical (unpaired) electrons. The van der Waals surface area contributed by atoms with Crippen LogP contribution >= 0.6 is 11.6 Å². The number of carboxylic acid groups (broad SMARTS) is 1. The van der Waals surface area contributed by atoms with Crippen molar-refractivity contribution in [1.29, 1.82) is 0 Å². The first-order chi connectivity index (χ1) is 6.50. The summed E-state index contributed by atoms with van der Waals surface area (Å²) in [6.07, 6.45) is 0.708. The van der Waals surface area contributed by atoms with E-state index in [0.29, 0.717) is 0 Å². The lowest BCUT2D eigenvalue weighted by Gasteiger charge is -1.98. The van der Waals surface area contributed by atoms with Crippen LogP contribution in [0.15, 0.2) is 12.3 Å². The summed E-state index contributed by atoms with van der Waals surface area (Å²) in [5.74, 6) is -1.52. The van der Waals surface area contributed by atoms with Crippen LogP contribution in [0, 0.1) is 10.1 Å². The van der Waals surface area contributed by atoms with E-state index < -0.39 is 16.7 Å². The van der Waals surface area contributed by atoms with Crippen LogP contribution < -0.4 is 0 Å². The minimum absolute atomic E-state index is 0.109. The number of halogens is 1. The normalized spacial score (nSPS) is 9.79. The Kier molecular flexibility index (Phi) is 2.98. The molecule has 0 bridgehead atoms. The number of hydrogen-bond acceptors (Lipinski definition) is 4. The number of hydrogen-bond donors (Lipinski definition) is 1. The summed E-state index contributed by atoms with van der Waals surface area (Å²) in [6.45, 7) is 0. The van der Waals surface area contributed by atoms with Gasteiger partial charge in [-0.1, -0.05) is 11.6 Å². The van der Waals surface area contributed by atoms with E-state index in [2.05, 4.69) is 4.98 Å². The zero-order valence-electron chi connectivity index (χ0n) is 6.81. The topological polar surface area (TPSA) is 93.3 Å². The first-order valence-electron chi connectivity index (χ1n) is 3.51. The third-order valence-corrected chi connectivity index (χ3v) is 1.79. The molecule has 1 aromatic rings. The molecule has 0 saturated heterocycles. The Morgan fingerprint density at radius 1 is 1.71 bits per heavy atom. The average molecular weight is 217 g/mol. The predicted molar refractivity (Wildman–Crippen MR) is 47.2 cm³/mol. The van der Waals surface area contributed by atoms with Crippen LogP contribution in [0.2, 0.25) is 5.02 Å². The maximum absolute atomic E-state index is 10.4. The van der Waals surface area contributed by atoms with Crippen molar-refractivity contribution < 1.29 is 14.8 Å². The van der Waals surface area contributed by atoms with E-state index >= 15 is 0 Å². The van der Waals surface area contributed by atoms with Gasteiger partial charge in [-0.2, -0.15) is 0 Å². The third-order valence-electron chi connectivity index (χ3n) is 1.45. The van der Waals surface area contributed by atoms with Gasteiger partial charge in [-0.3, -0.25) is 4.79 Å². The van der Waals surface area contributed by atoms with E-state index in [4.69, 9.17) is 16.7 Å².